The molecule has 0 aromatic carbocycles. The highest BCUT2D eigenvalue weighted by Crippen LogP contribution is 1.98. The molecule has 1 aromatic rings. The Hall–Kier alpha value is -1.32. The maximum Gasteiger partial charge on any atom is 0.357 e. The summed E-state index contributed by atoms with van der Waals surface area (Å²) in [6, 6.07) is 0. The molecular formula is C7H11NO3. The average Bonchev–Trinajstić information content (AvgIpc) is 2.40. The van der Waals surface area contributed by atoms with Crippen molar-refractivity contribution < 1.29 is 14.3 Å². The standard InChI is InChI=1S/C5H5NO3.C2H6/c1-3-6-4(2-9-3)5(7)8;1-2/h2H,1H3,(H,7,8);1-2H3. The summed E-state index contributed by atoms with van der Waals surface area (Å²) in [6.07, 6.45) is 1.11. The Bertz CT molecular complexity index is 229. The van der Waals surface area contributed by atoms with E-state index in [-0.39, 0.29) is 5.69 Å². The quantitative estimate of drug-likeness (QED) is 0.673. The van der Waals surface area contributed by atoms with Crippen molar-refractivity contribution in [3.63, 3.8) is 0 Å². The van der Waals surface area contributed by atoms with E-state index in [0.29, 0.717) is 5.89 Å². The molecule has 4 nitrogen and oxygen atoms in total. The maximum absolute atomic E-state index is 10.1. The molecule has 4 heteroatoms. The number of rotatable bonds is 1. The molecule has 1 heterocycles. The van der Waals surface area contributed by atoms with Gasteiger partial charge in [-0.1, -0.05) is 13.8 Å². The lowest BCUT2D eigenvalue weighted by molar-refractivity contribution is 0.0690. The lowest BCUT2D eigenvalue weighted by atomic mass is 10.5. The van der Waals surface area contributed by atoms with Crippen LogP contribution in [-0.4, -0.2) is 16.1 Å². The zero-order valence-electron chi connectivity index (χ0n) is 6.79. The second-order valence-electron chi connectivity index (χ2n) is 1.56. The number of carbonyl (C=O) groups is 1. The number of hydrogen-bond donors (Lipinski definition) is 1. The highest BCUT2D eigenvalue weighted by atomic mass is 16.4. The molecule has 0 aliphatic heterocycles. The third-order valence-electron chi connectivity index (χ3n) is 0.838. The van der Waals surface area contributed by atoms with E-state index >= 15 is 0 Å². The van der Waals surface area contributed by atoms with Crippen LogP contribution in [0.4, 0.5) is 0 Å². The number of nitrogens with zero attached hydrogens (tertiary/aromatic N) is 1. The number of carboxylic acids is 1. The smallest absolute Gasteiger partial charge is 0.357 e. The molecule has 0 atom stereocenters. The zero-order valence-corrected chi connectivity index (χ0v) is 6.79. The Morgan fingerprint density at radius 2 is 2.18 bits per heavy atom. The minimum Gasteiger partial charge on any atom is -0.476 e. The summed E-state index contributed by atoms with van der Waals surface area (Å²) in [5.74, 6) is -0.695. The topological polar surface area (TPSA) is 63.3 Å². The van der Waals surface area contributed by atoms with Crippen LogP contribution in [0.2, 0.25) is 0 Å². The number of carboxylic acid groups (broad SMARTS) is 1. The van der Waals surface area contributed by atoms with Gasteiger partial charge in [0.15, 0.2) is 11.6 Å². The summed E-state index contributed by atoms with van der Waals surface area (Å²) in [7, 11) is 0. The fourth-order valence-electron chi connectivity index (χ4n) is 0.462. The first-order valence-corrected chi connectivity index (χ1v) is 3.35. The monoisotopic (exact) mass is 157 g/mol. The zero-order chi connectivity index (χ0) is 8.85. The SMILES string of the molecule is CC.Cc1nc(C(=O)O)co1. The van der Waals surface area contributed by atoms with Gasteiger partial charge in [0.2, 0.25) is 0 Å². The molecule has 0 saturated heterocycles. The Balaban J connectivity index is 0.000000461. The number of aryl methyl sites for hydroxylation is 1. The van der Waals surface area contributed by atoms with Gasteiger partial charge in [-0.05, 0) is 0 Å². The minimum atomic E-state index is -1.06. The minimum absolute atomic E-state index is 0.0486. The first kappa shape index (κ1) is 9.68. The van der Waals surface area contributed by atoms with Crippen molar-refractivity contribution in [1.82, 2.24) is 4.98 Å². The van der Waals surface area contributed by atoms with Crippen molar-refractivity contribution in [3.8, 4) is 0 Å². The van der Waals surface area contributed by atoms with Gasteiger partial charge in [0.05, 0.1) is 0 Å². The van der Waals surface area contributed by atoms with Crippen LogP contribution < -0.4 is 0 Å². The van der Waals surface area contributed by atoms with E-state index in [1.54, 1.807) is 6.92 Å². The average molecular weight is 157 g/mol. The van der Waals surface area contributed by atoms with E-state index in [9.17, 15) is 4.79 Å². The molecule has 0 radical (unpaired) electrons. The van der Waals surface area contributed by atoms with E-state index in [2.05, 4.69) is 9.40 Å². The van der Waals surface area contributed by atoms with Crippen LogP contribution in [-0.2, 0) is 0 Å². The Kier molecular flexibility index (Phi) is 3.95. The highest BCUT2D eigenvalue weighted by molar-refractivity contribution is 5.84. The number of aromatic carboxylic acids is 1. The molecule has 0 amide bonds. The van der Waals surface area contributed by atoms with Crippen molar-refractivity contribution >= 4 is 5.97 Å². The molecule has 0 saturated carbocycles. The van der Waals surface area contributed by atoms with Gasteiger partial charge >= 0.3 is 5.97 Å². The largest absolute Gasteiger partial charge is 0.476 e. The summed E-state index contributed by atoms with van der Waals surface area (Å²) in [6.45, 7) is 5.59. The lowest BCUT2D eigenvalue weighted by Crippen LogP contribution is -1.95. The van der Waals surface area contributed by atoms with Gasteiger partial charge in [-0.2, -0.15) is 0 Å². The van der Waals surface area contributed by atoms with Crippen molar-refractivity contribution in [3.05, 3.63) is 17.8 Å². The summed E-state index contributed by atoms with van der Waals surface area (Å²) < 4.78 is 4.63. The van der Waals surface area contributed by atoms with Gasteiger partial charge in [0.25, 0.3) is 0 Å². The first-order chi connectivity index (χ1) is 5.20. The molecule has 0 aliphatic rings. The third kappa shape index (κ3) is 2.84. The summed E-state index contributed by atoms with van der Waals surface area (Å²) in [5.41, 5.74) is -0.0486. The van der Waals surface area contributed by atoms with Crippen LogP contribution in [0.25, 0.3) is 0 Å². The van der Waals surface area contributed by atoms with Gasteiger partial charge in [0, 0.05) is 6.92 Å². The molecule has 1 N–H and O–H groups in total. The van der Waals surface area contributed by atoms with Crippen LogP contribution in [0.1, 0.15) is 30.2 Å². The Morgan fingerprint density at radius 3 is 2.36 bits per heavy atom. The van der Waals surface area contributed by atoms with Crippen molar-refractivity contribution in [2.75, 3.05) is 0 Å². The molecule has 0 unspecified atom stereocenters. The van der Waals surface area contributed by atoms with Crippen molar-refractivity contribution in [2.24, 2.45) is 0 Å². The van der Waals surface area contributed by atoms with Crippen LogP contribution in [0, 0.1) is 6.92 Å². The van der Waals surface area contributed by atoms with Gasteiger partial charge in [-0.3, -0.25) is 0 Å². The van der Waals surface area contributed by atoms with Crippen LogP contribution in [0.5, 0.6) is 0 Å². The summed E-state index contributed by atoms with van der Waals surface area (Å²) >= 11 is 0. The second kappa shape index (κ2) is 4.49. The Labute approximate surface area is 64.9 Å². The third-order valence-corrected chi connectivity index (χ3v) is 0.838. The van der Waals surface area contributed by atoms with Crippen LogP contribution in [0.3, 0.4) is 0 Å². The van der Waals surface area contributed by atoms with E-state index in [1.165, 1.54) is 0 Å². The molecule has 1 aromatic heterocycles. The van der Waals surface area contributed by atoms with Gasteiger partial charge in [-0.15, -0.1) is 0 Å². The Morgan fingerprint density at radius 1 is 1.64 bits per heavy atom. The predicted molar refractivity (Wildman–Crippen MR) is 39.5 cm³/mol. The number of hydrogen-bond acceptors (Lipinski definition) is 3. The van der Waals surface area contributed by atoms with Crippen LogP contribution in [0.15, 0.2) is 10.7 Å². The second-order valence-corrected chi connectivity index (χ2v) is 1.56. The molecule has 0 spiro atoms. The molecule has 11 heavy (non-hydrogen) atoms. The highest BCUT2D eigenvalue weighted by Gasteiger charge is 2.05. The van der Waals surface area contributed by atoms with E-state index in [0.717, 1.165) is 6.26 Å². The molecule has 0 bridgehead atoms. The van der Waals surface area contributed by atoms with Gasteiger partial charge < -0.3 is 9.52 Å². The van der Waals surface area contributed by atoms with Gasteiger partial charge in [0.1, 0.15) is 6.26 Å². The van der Waals surface area contributed by atoms with Crippen LogP contribution >= 0.6 is 0 Å². The molecule has 0 fully saturated rings. The number of oxazole rings is 1. The predicted octanol–water partition coefficient (Wildman–Crippen LogP) is 1.71. The van der Waals surface area contributed by atoms with Crippen molar-refractivity contribution in [1.29, 1.82) is 0 Å². The summed E-state index contributed by atoms with van der Waals surface area (Å²) in [5, 5.41) is 8.28. The van der Waals surface area contributed by atoms with Gasteiger partial charge in [-0.25, -0.2) is 9.78 Å². The van der Waals surface area contributed by atoms with E-state index in [4.69, 9.17) is 5.11 Å². The van der Waals surface area contributed by atoms with Crippen molar-refractivity contribution in [2.45, 2.75) is 20.8 Å². The fourth-order valence-corrected chi connectivity index (χ4v) is 0.462. The van der Waals surface area contributed by atoms with E-state index in [1.807, 2.05) is 13.8 Å². The maximum atomic E-state index is 10.1. The molecule has 62 valence electrons. The normalized spacial score (nSPS) is 8.27. The van der Waals surface area contributed by atoms with E-state index < -0.39 is 5.97 Å². The summed E-state index contributed by atoms with van der Waals surface area (Å²) in [4.78, 5) is 13.6. The lowest BCUT2D eigenvalue weighted by Gasteiger charge is -1.76. The molecule has 1 rings (SSSR count). The molecular weight excluding hydrogens is 146 g/mol. The fraction of sp³-hybridized carbons (Fsp3) is 0.429. The molecule has 0 aliphatic carbocycles. The first-order valence-electron chi connectivity index (χ1n) is 3.35. The number of aromatic nitrogens is 1.